The van der Waals surface area contributed by atoms with Crippen LogP contribution in [0.2, 0.25) is 0 Å². The van der Waals surface area contributed by atoms with E-state index >= 15 is 0 Å². The Kier molecular flexibility index (Phi) is 3.66. The van der Waals surface area contributed by atoms with E-state index in [1.54, 1.807) is 4.90 Å². The van der Waals surface area contributed by atoms with Crippen molar-refractivity contribution in [3.63, 3.8) is 0 Å². The Bertz CT molecular complexity index is 852. The molecule has 134 valence electrons. The molecule has 4 rings (SSSR count). The van der Waals surface area contributed by atoms with Gasteiger partial charge in [-0.3, -0.25) is 9.59 Å². The van der Waals surface area contributed by atoms with Crippen molar-refractivity contribution in [2.75, 3.05) is 13.1 Å². The van der Waals surface area contributed by atoms with Gasteiger partial charge in [0.2, 0.25) is 0 Å². The van der Waals surface area contributed by atoms with Crippen molar-refractivity contribution in [3.05, 3.63) is 29.3 Å². The van der Waals surface area contributed by atoms with Crippen LogP contribution >= 0.6 is 0 Å². The predicted octanol–water partition coefficient (Wildman–Crippen LogP) is 1.24. The zero-order valence-electron chi connectivity index (χ0n) is 14.1. The smallest absolute Gasteiger partial charge is 0.269 e. The molecule has 0 bridgehead atoms. The SMILES string of the molecule is CC1CN(C(=O)c2ccc3c(c2)S(=O)(=O)N(C2CC2)C3=O)CC(C)O1. The summed E-state index contributed by atoms with van der Waals surface area (Å²) in [6, 6.07) is 4.11. The Morgan fingerprint density at radius 2 is 1.80 bits per heavy atom. The Hall–Kier alpha value is -1.93. The Morgan fingerprint density at radius 3 is 2.40 bits per heavy atom. The molecule has 1 aromatic rings. The minimum Gasteiger partial charge on any atom is -0.372 e. The lowest BCUT2D eigenvalue weighted by molar-refractivity contribution is -0.0586. The maximum absolute atomic E-state index is 12.8. The minimum absolute atomic E-state index is 0.0513. The summed E-state index contributed by atoms with van der Waals surface area (Å²) in [5.74, 6) is -0.720. The van der Waals surface area contributed by atoms with Crippen molar-refractivity contribution in [1.82, 2.24) is 9.21 Å². The van der Waals surface area contributed by atoms with Crippen molar-refractivity contribution in [2.45, 2.75) is 49.8 Å². The number of carbonyl (C=O) groups is 2. The first kappa shape index (κ1) is 16.5. The molecular weight excluding hydrogens is 344 g/mol. The van der Waals surface area contributed by atoms with E-state index in [1.807, 2.05) is 13.8 Å². The van der Waals surface area contributed by atoms with Crippen LogP contribution in [0.1, 0.15) is 47.4 Å². The Balaban J connectivity index is 1.67. The molecule has 8 heteroatoms. The van der Waals surface area contributed by atoms with Gasteiger partial charge < -0.3 is 9.64 Å². The largest absolute Gasteiger partial charge is 0.372 e. The number of sulfonamides is 1. The van der Waals surface area contributed by atoms with Crippen LogP contribution in [-0.4, -0.2) is 60.8 Å². The van der Waals surface area contributed by atoms with Crippen LogP contribution in [-0.2, 0) is 14.8 Å². The summed E-state index contributed by atoms with van der Waals surface area (Å²) in [6.45, 7) is 4.71. The lowest BCUT2D eigenvalue weighted by atomic mass is 10.1. The number of benzene rings is 1. The molecular formula is C17H20N2O5S. The molecule has 0 spiro atoms. The predicted molar refractivity (Wildman–Crippen MR) is 88.7 cm³/mol. The van der Waals surface area contributed by atoms with Crippen LogP contribution in [0.3, 0.4) is 0 Å². The van der Waals surface area contributed by atoms with E-state index in [0.717, 1.165) is 4.31 Å². The van der Waals surface area contributed by atoms with E-state index in [-0.39, 0.29) is 40.2 Å². The van der Waals surface area contributed by atoms with E-state index in [2.05, 4.69) is 0 Å². The second-order valence-corrected chi connectivity index (χ2v) is 8.80. The van der Waals surface area contributed by atoms with Crippen molar-refractivity contribution >= 4 is 21.8 Å². The van der Waals surface area contributed by atoms with Gasteiger partial charge in [0, 0.05) is 24.7 Å². The van der Waals surface area contributed by atoms with E-state index < -0.39 is 15.9 Å². The topological polar surface area (TPSA) is 84.0 Å². The first-order valence-electron chi connectivity index (χ1n) is 8.46. The average molecular weight is 364 g/mol. The van der Waals surface area contributed by atoms with Crippen molar-refractivity contribution in [2.24, 2.45) is 0 Å². The van der Waals surface area contributed by atoms with E-state index in [1.165, 1.54) is 18.2 Å². The monoisotopic (exact) mass is 364 g/mol. The lowest BCUT2D eigenvalue weighted by Gasteiger charge is -2.35. The fourth-order valence-electron chi connectivity index (χ4n) is 3.58. The van der Waals surface area contributed by atoms with Crippen molar-refractivity contribution in [1.29, 1.82) is 0 Å². The molecule has 2 unspecified atom stereocenters. The fourth-order valence-corrected chi connectivity index (χ4v) is 5.42. The maximum atomic E-state index is 12.8. The molecule has 0 aromatic heterocycles. The van der Waals surface area contributed by atoms with Crippen LogP contribution in [0.5, 0.6) is 0 Å². The highest BCUT2D eigenvalue weighted by atomic mass is 32.2. The summed E-state index contributed by atoms with van der Waals surface area (Å²) in [5, 5.41) is 0. The Labute approximate surface area is 146 Å². The summed E-state index contributed by atoms with van der Waals surface area (Å²) in [7, 11) is -3.85. The summed E-state index contributed by atoms with van der Waals surface area (Å²) < 4.78 is 32.0. The molecule has 2 amide bonds. The average Bonchev–Trinajstić information content (AvgIpc) is 3.34. The van der Waals surface area contributed by atoms with Gasteiger partial charge in [0.25, 0.3) is 21.8 Å². The molecule has 2 aliphatic heterocycles. The van der Waals surface area contributed by atoms with Gasteiger partial charge in [-0.1, -0.05) is 0 Å². The second kappa shape index (κ2) is 5.54. The molecule has 3 aliphatic rings. The zero-order valence-corrected chi connectivity index (χ0v) is 15.0. The molecule has 1 aliphatic carbocycles. The molecule has 2 atom stereocenters. The second-order valence-electron chi connectivity index (χ2n) is 7.02. The van der Waals surface area contributed by atoms with E-state index in [4.69, 9.17) is 4.74 Å². The third-order valence-corrected chi connectivity index (χ3v) is 6.66. The van der Waals surface area contributed by atoms with Gasteiger partial charge in [-0.25, -0.2) is 12.7 Å². The van der Waals surface area contributed by atoms with E-state index in [0.29, 0.717) is 25.9 Å². The van der Waals surface area contributed by atoms with Crippen LogP contribution in [0.4, 0.5) is 0 Å². The molecule has 2 fully saturated rings. The van der Waals surface area contributed by atoms with Gasteiger partial charge in [0.05, 0.1) is 17.8 Å². The first-order chi connectivity index (χ1) is 11.8. The highest BCUT2D eigenvalue weighted by molar-refractivity contribution is 7.90. The molecule has 1 aromatic carbocycles. The molecule has 1 saturated carbocycles. The number of fused-ring (bicyclic) bond motifs is 1. The van der Waals surface area contributed by atoms with Gasteiger partial charge in [-0.2, -0.15) is 0 Å². The van der Waals surface area contributed by atoms with Gasteiger partial charge in [0.1, 0.15) is 4.90 Å². The molecule has 0 radical (unpaired) electrons. The highest BCUT2D eigenvalue weighted by Crippen LogP contribution is 2.39. The summed E-state index contributed by atoms with van der Waals surface area (Å²) in [5.41, 5.74) is 0.446. The highest BCUT2D eigenvalue weighted by Gasteiger charge is 2.49. The zero-order chi connectivity index (χ0) is 17.9. The summed E-state index contributed by atoms with van der Waals surface area (Å²) in [6.07, 6.45) is 1.26. The third kappa shape index (κ3) is 2.64. The van der Waals surface area contributed by atoms with Gasteiger partial charge in [0.15, 0.2) is 0 Å². The van der Waals surface area contributed by atoms with Crippen LogP contribution in [0.15, 0.2) is 23.1 Å². The summed E-state index contributed by atoms with van der Waals surface area (Å²) in [4.78, 5) is 26.8. The number of nitrogens with zero attached hydrogens (tertiary/aromatic N) is 2. The number of rotatable bonds is 2. The van der Waals surface area contributed by atoms with Gasteiger partial charge >= 0.3 is 0 Å². The molecule has 1 saturated heterocycles. The van der Waals surface area contributed by atoms with Gasteiger partial charge in [-0.05, 0) is 44.9 Å². The molecule has 25 heavy (non-hydrogen) atoms. The first-order valence-corrected chi connectivity index (χ1v) is 9.90. The number of morpholine rings is 1. The van der Waals surface area contributed by atoms with Crippen molar-refractivity contribution < 1.29 is 22.7 Å². The van der Waals surface area contributed by atoms with Crippen molar-refractivity contribution in [3.8, 4) is 0 Å². The van der Waals surface area contributed by atoms with E-state index in [9.17, 15) is 18.0 Å². The molecule has 0 N–H and O–H groups in total. The maximum Gasteiger partial charge on any atom is 0.269 e. The summed E-state index contributed by atoms with van der Waals surface area (Å²) >= 11 is 0. The number of ether oxygens (including phenoxy) is 1. The minimum atomic E-state index is -3.85. The van der Waals surface area contributed by atoms with Crippen LogP contribution in [0.25, 0.3) is 0 Å². The third-order valence-electron chi connectivity index (χ3n) is 4.78. The Morgan fingerprint density at radius 1 is 1.16 bits per heavy atom. The lowest BCUT2D eigenvalue weighted by Crippen LogP contribution is -2.48. The van der Waals surface area contributed by atoms with Crippen LogP contribution in [0, 0.1) is 0 Å². The number of hydrogen-bond donors (Lipinski definition) is 0. The molecule has 2 heterocycles. The standard InChI is InChI=1S/C17H20N2O5S/c1-10-8-18(9-11(2)24-10)16(20)12-3-6-14-15(7-12)25(22,23)19(17(14)21)13-4-5-13/h3,6-7,10-11,13H,4-5,8-9H2,1-2H3. The molecule has 7 nitrogen and oxygen atoms in total. The number of amides is 2. The van der Waals surface area contributed by atoms with Gasteiger partial charge in [-0.15, -0.1) is 0 Å². The number of hydrogen-bond acceptors (Lipinski definition) is 5. The fraction of sp³-hybridized carbons (Fsp3) is 0.529. The number of carbonyl (C=O) groups excluding carboxylic acids is 2. The normalized spacial score (nSPS) is 28.2. The van der Waals surface area contributed by atoms with Crippen LogP contribution < -0.4 is 0 Å². The quantitative estimate of drug-likeness (QED) is 0.788.